The van der Waals surface area contributed by atoms with Crippen molar-refractivity contribution in [2.75, 3.05) is 14.1 Å². The maximum Gasteiger partial charge on any atom is 0.0947 e. The van der Waals surface area contributed by atoms with Crippen molar-refractivity contribution < 1.29 is 0 Å². The van der Waals surface area contributed by atoms with Crippen molar-refractivity contribution in [1.82, 2.24) is 9.88 Å². The highest BCUT2D eigenvalue weighted by Gasteiger charge is 2.41. The molecule has 0 spiro atoms. The van der Waals surface area contributed by atoms with Gasteiger partial charge in [-0.2, -0.15) is 0 Å². The van der Waals surface area contributed by atoms with Crippen LogP contribution < -0.4 is 5.73 Å². The van der Waals surface area contributed by atoms with Crippen LogP contribution in [0, 0.1) is 13.8 Å². The summed E-state index contributed by atoms with van der Waals surface area (Å²) in [6.07, 6.45) is 5.98. The molecule has 0 aromatic carbocycles. The molecule has 1 saturated carbocycles. The molecule has 1 aromatic rings. The summed E-state index contributed by atoms with van der Waals surface area (Å²) in [5, 5.41) is 1.20. The molecule has 1 fully saturated rings. The van der Waals surface area contributed by atoms with Crippen LogP contribution >= 0.6 is 11.3 Å². The number of nitrogens with zero attached hydrogens (tertiary/aromatic N) is 2. The highest BCUT2D eigenvalue weighted by atomic mass is 32.1. The average Bonchev–Trinajstić information content (AvgIpc) is 2.87. The molecule has 3 nitrogen and oxygen atoms in total. The van der Waals surface area contributed by atoms with Gasteiger partial charge in [0.25, 0.3) is 0 Å². The number of hydrogen-bond donors (Lipinski definition) is 1. The SMILES string of the molecule is Cc1nc(CC(N)C2(N(C)C)CCCC2)sc1C. The molecule has 2 rings (SSSR count). The summed E-state index contributed by atoms with van der Waals surface area (Å²) >= 11 is 1.80. The second kappa shape index (κ2) is 5.27. The Hall–Kier alpha value is -0.450. The van der Waals surface area contributed by atoms with Crippen molar-refractivity contribution >= 4 is 11.3 Å². The van der Waals surface area contributed by atoms with E-state index in [4.69, 9.17) is 5.73 Å². The van der Waals surface area contributed by atoms with Crippen LogP contribution in [0.3, 0.4) is 0 Å². The summed E-state index contributed by atoms with van der Waals surface area (Å²) in [6.45, 7) is 4.22. The van der Waals surface area contributed by atoms with Crippen LogP contribution in [0.1, 0.15) is 41.3 Å². The van der Waals surface area contributed by atoms with Gasteiger partial charge in [-0.25, -0.2) is 4.98 Å². The summed E-state index contributed by atoms with van der Waals surface area (Å²) in [6, 6.07) is 0.194. The number of likely N-dealkylation sites (N-methyl/N-ethyl adjacent to an activating group) is 1. The van der Waals surface area contributed by atoms with Crippen LogP contribution in [0.15, 0.2) is 0 Å². The molecule has 1 aliphatic carbocycles. The average molecular weight is 267 g/mol. The number of rotatable bonds is 4. The zero-order chi connectivity index (χ0) is 13.3. The predicted molar refractivity (Wildman–Crippen MR) is 78.2 cm³/mol. The molecule has 0 saturated heterocycles. The lowest BCUT2D eigenvalue weighted by Crippen LogP contribution is -2.56. The quantitative estimate of drug-likeness (QED) is 0.911. The standard InChI is InChI=1S/C14H25N3S/c1-10-11(2)18-13(16-10)9-12(15)14(17(3)4)7-5-6-8-14/h12H,5-9,15H2,1-4H3. The molecule has 0 aliphatic heterocycles. The van der Waals surface area contributed by atoms with Crippen LogP contribution in [0.25, 0.3) is 0 Å². The van der Waals surface area contributed by atoms with E-state index in [0.717, 1.165) is 12.1 Å². The first-order valence-corrected chi connectivity index (χ1v) is 7.63. The molecule has 1 aromatic heterocycles. The van der Waals surface area contributed by atoms with Gasteiger partial charge in [0.05, 0.1) is 10.7 Å². The van der Waals surface area contributed by atoms with E-state index in [0.29, 0.717) is 0 Å². The Kier molecular flexibility index (Phi) is 4.09. The fourth-order valence-electron chi connectivity index (χ4n) is 3.14. The first kappa shape index (κ1) is 14.0. The normalized spacial score (nSPS) is 20.6. The third kappa shape index (κ3) is 2.46. The Balaban J connectivity index is 2.12. The van der Waals surface area contributed by atoms with Gasteiger partial charge in [0.15, 0.2) is 0 Å². The Bertz CT molecular complexity index is 386. The van der Waals surface area contributed by atoms with E-state index in [1.807, 2.05) is 0 Å². The third-order valence-corrected chi connectivity index (χ3v) is 5.61. The molecule has 0 radical (unpaired) electrons. The third-order valence-electron chi connectivity index (χ3n) is 4.52. The fraction of sp³-hybridized carbons (Fsp3) is 0.786. The highest BCUT2D eigenvalue weighted by molar-refractivity contribution is 7.11. The van der Waals surface area contributed by atoms with E-state index in [-0.39, 0.29) is 11.6 Å². The van der Waals surface area contributed by atoms with Crippen molar-refractivity contribution in [1.29, 1.82) is 0 Å². The maximum absolute atomic E-state index is 6.53. The number of aromatic nitrogens is 1. The molecular formula is C14H25N3S. The first-order chi connectivity index (χ1) is 8.45. The Morgan fingerprint density at radius 1 is 1.33 bits per heavy atom. The molecule has 4 heteroatoms. The molecule has 1 aliphatic rings. The lowest BCUT2D eigenvalue weighted by atomic mass is 9.85. The predicted octanol–water partition coefficient (Wildman–Crippen LogP) is 2.50. The molecule has 1 atom stereocenters. The van der Waals surface area contributed by atoms with Gasteiger partial charge < -0.3 is 10.6 Å². The van der Waals surface area contributed by atoms with E-state index < -0.39 is 0 Å². The van der Waals surface area contributed by atoms with E-state index in [2.05, 4.69) is 37.8 Å². The molecular weight excluding hydrogens is 242 g/mol. The zero-order valence-corrected chi connectivity index (χ0v) is 12.8. The van der Waals surface area contributed by atoms with Crippen molar-refractivity contribution in [3.8, 4) is 0 Å². The van der Waals surface area contributed by atoms with E-state index in [1.165, 1.54) is 35.6 Å². The van der Waals surface area contributed by atoms with E-state index in [9.17, 15) is 0 Å². The number of aryl methyl sites for hydroxylation is 2. The summed E-state index contributed by atoms with van der Waals surface area (Å²) in [4.78, 5) is 8.30. The van der Waals surface area contributed by atoms with Crippen LogP contribution in [0.5, 0.6) is 0 Å². The highest BCUT2D eigenvalue weighted by Crippen LogP contribution is 2.37. The lowest BCUT2D eigenvalue weighted by molar-refractivity contribution is 0.123. The fourth-order valence-corrected chi connectivity index (χ4v) is 4.13. The van der Waals surface area contributed by atoms with E-state index >= 15 is 0 Å². The molecule has 0 amide bonds. The Morgan fingerprint density at radius 2 is 1.94 bits per heavy atom. The second-order valence-corrected chi connectivity index (χ2v) is 7.05. The van der Waals surface area contributed by atoms with Crippen molar-refractivity contribution in [2.24, 2.45) is 5.73 Å². The minimum Gasteiger partial charge on any atom is -0.326 e. The Labute approximate surface area is 114 Å². The number of nitrogens with two attached hydrogens (primary N) is 1. The molecule has 1 heterocycles. The number of thiazole rings is 1. The monoisotopic (exact) mass is 267 g/mol. The van der Waals surface area contributed by atoms with Gasteiger partial charge in [0.1, 0.15) is 0 Å². The van der Waals surface area contributed by atoms with Crippen LogP contribution in [-0.2, 0) is 6.42 Å². The topological polar surface area (TPSA) is 42.1 Å². The van der Waals surface area contributed by atoms with Gasteiger partial charge >= 0.3 is 0 Å². The molecule has 102 valence electrons. The summed E-state index contributed by atoms with van der Waals surface area (Å²) in [7, 11) is 4.34. The van der Waals surface area contributed by atoms with Gasteiger partial charge in [-0.05, 0) is 40.8 Å². The first-order valence-electron chi connectivity index (χ1n) is 6.81. The van der Waals surface area contributed by atoms with Crippen LogP contribution in [-0.4, -0.2) is 35.6 Å². The second-order valence-electron chi connectivity index (χ2n) is 5.76. The molecule has 1 unspecified atom stereocenters. The Morgan fingerprint density at radius 3 is 2.39 bits per heavy atom. The van der Waals surface area contributed by atoms with E-state index in [1.54, 1.807) is 11.3 Å². The van der Waals surface area contributed by atoms with Gasteiger partial charge in [0, 0.05) is 22.9 Å². The van der Waals surface area contributed by atoms with Crippen LogP contribution in [0.2, 0.25) is 0 Å². The largest absolute Gasteiger partial charge is 0.326 e. The molecule has 2 N–H and O–H groups in total. The van der Waals surface area contributed by atoms with Crippen molar-refractivity contribution in [3.05, 3.63) is 15.6 Å². The molecule has 0 bridgehead atoms. The number of hydrogen-bond acceptors (Lipinski definition) is 4. The minimum atomic E-state index is 0.188. The van der Waals surface area contributed by atoms with Crippen molar-refractivity contribution in [3.63, 3.8) is 0 Å². The lowest BCUT2D eigenvalue weighted by Gasteiger charge is -2.41. The smallest absolute Gasteiger partial charge is 0.0947 e. The van der Waals surface area contributed by atoms with Gasteiger partial charge in [-0.3, -0.25) is 0 Å². The zero-order valence-electron chi connectivity index (χ0n) is 12.0. The summed E-state index contributed by atoms with van der Waals surface area (Å²) in [5.41, 5.74) is 7.88. The van der Waals surface area contributed by atoms with Crippen LogP contribution in [0.4, 0.5) is 0 Å². The summed E-state index contributed by atoms with van der Waals surface area (Å²) in [5.74, 6) is 0. The maximum atomic E-state index is 6.53. The van der Waals surface area contributed by atoms with Gasteiger partial charge in [0.2, 0.25) is 0 Å². The van der Waals surface area contributed by atoms with Gasteiger partial charge in [-0.15, -0.1) is 11.3 Å². The molecule has 18 heavy (non-hydrogen) atoms. The van der Waals surface area contributed by atoms with Crippen molar-refractivity contribution in [2.45, 2.75) is 57.5 Å². The minimum absolute atomic E-state index is 0.188. The van der Waals surface area contributed by atoms with Gasteiger partial charge in [-0.1, -0.05) is 12.8 Å². The summed E-state index contributed by atoms with van der Waals surface area (Å²) < 4.78 is 0.